The normalized spacial score (nSPS) is 43.7. The smallest absolute Gasteiger partial charge is 0.305 e. The topological polar surface area (TPSA) is 324 Å². The molecule has 0 bridgehead atoms. The molecule has 16 atom stereocenters. The molecule has 0 aromatic carbocycles. The van der Waals surface area contributed by atoms with E-state index < -0.39 is 142 Å². The molecule has 0 saturated carbocycles. The Balaban J connectivity index is 1.76. The highest BCUT2D eigenvalue weighted by atomic mass is 16.8. The van der Waals surface area contributed by atoms with Gasteiger partial charge in [0.05, 0.1) is 32.0 Å². The third kappa shape index (κ3) is 8.81. The summed E-state index contributed by atoms with van der Waals surface area (Å²) in [5.41, 5.74) is 0. The molecule has 3 saturated heterocycles. The maximum absolute atomic E-state index is 12.0. The lowest BCUT2D eigenvalue weighted by molar-refractivity contribution is -0.358. The molecule has 12 N–H and O–H groups in total. The Morgan fingerprint density at radius 3 is 2.16 bits per heavy atom. The van der Waals surface area contributed by atoms with Crippen molar-refractivity contribution in [3.05, 3.63) is 0 Å². The van der Waals surface area contributed by atoms with E-state index in [0.29, 0.717) is 0 Å². The van der Waals surface area contributed by atoms with Gasteiger partial charge in [0, 0.05) is 20.3 Å². The van der Waals surface area contributed by atoms with Crippen LogP contribution in [0.15, 0.2) is 0 Å². The van der Waals surface area contributed by atoms with Crippen LogP contribution in [0.1, 0.15) is 20.3 Å². The Morgan fingerprint density at radius 2 is 1.58 bits per heavy atom. The van der Waals surface area contributed by atoms with Crippen molar-refractivity contribution in [3.63, 3.8) is 0 Å². The van der Waals surface area contributed by atoms with E-state index in [9.17, 15) is 65.8 Å². The summed E-state index contributed by atoms with van der Waals surface area (Å²) in [6, 6.07) is -1.33. The molecule has 0 radical (unpaired) electrons. The first-order valence-corrected chi connectivity index (χ1v) is 14.1. The molecule has 3 heterocycles. The fourth-order valence-corrected chi connectivity index (χ4v) is 5.39. The molecule has 20 heteroatoms. The predicted octanol–water partition coefficient (Wildman–Crippen LogP) is -7.74. The molecule has 20 nitrogen and oxygen atoms in total. The third-order valence-electron chi connectivity index (χ3n) is 7.66. The molecule has 262 valence electrons. The Morgan fingerprint density at radius 1 is 0.911 bits per heavy atom. The van der Waals surface area contributed by atoms with Gasteiger partial charge in [-0.3, -0.25) is 9.59 Å². The maximum atomic E-state index is 12.0. The second-order valence-corrected chi connectivity index (χ2v) is 11.2. The van der Waals surface area contributed by atoms with Gasteiger partial charge in [0.2, 0.25) is 11.7 Å². The Labute approximate surface area is 256 Å². The van der Waals surface area contributed by atoms with Gasteiger partial charge in [0.25, 0.3) is 0 Å². The van der Waals surface area contributed by atoms with Gasteiger partial charge in [-0.05, 0) is 0 Å². The van der Waals surface area contributed by atoms with Gasteiger partial charge in [-0.2, -0.15) is 0 Å². The van der Waals surface area contributed by atoms with E-state index in [-0.39, 0.29) is 0 Å². The van der Waals surface area contributed by atoms with E-state index in [4.69, 9.17) is 28.4 Å². The van der Waals surface area contributed by atoms with Gasteiger partial charge in [-0.15, -0.1) is 0 Å². The number of hydrogen-bond acceptors (Lipinski definition) is 19. The average molecular weight is 662 g/mol. The zero-order valence-electron chi connectivity index (χ0n) is 24.4. The van der Waals surface area contributed by atoms with Crippen LogP contribution in [0.4, 0.5) is 0 Å². The minimum Gasteiger partial charge on any atom is -0.431 e. The van der Waals surface area contributed by atoms with Crippen LogP contribution in [0, 0.1) is 0 Å². The number of rotatable bonds is 12. The first-order valence-electron chi connectivity index (χ1n) is 14.1. The predicted molar refractivity (Wildman–Crippen MR) is 139 cm³/mol. The molecule has 0 aliphatic carbocycles. The van der Waals surface area contributed by atoms with Crippen molar-refractivity contribution in [2.24, 2.45) is 0 Å². The molecule has 3 fully saturated rings. The molecular formula is C25H43NO19. The van der Waals surface area contributed by atoms with E-state index in [1.807, 2.05) is 0 Å². The summed E-state index contributed by atoms with van der Waals surface area (Å²) < 4.78 is 32.7. The highest BCUT2D eigenvalue weighted by molar-refractivity contribution is 5.73. The monoisotopic (exact) mass is 661 g/mol. The van der Waals surface area contributed by atoms with Crippen molar-refractivity contribution in [2.45, 2.75) is 118 Å². The lowest BCUT2D eigenvalue weighted by Gasteiger charge is -2.48. The average Bonchev–Trinajstić information content (AvgIpc) is 2.98. The second kappa shape index (κ2) is 15.9. The first-order chi connectivity index (χ1) is 21.0. The summed E-state index contributed by atoms with van der Waals surface area (Å²) in [6.45, 7) is -0.980. The third-order valence-corrected chi connectivity index (χ3v) is 7.66. The molecule has 0 unspecified atom stereocenters. The SMILES string of the molecule is CC(=O)N[C@H]1[C@H]([C@H](O)[C@H](O)CO)O[C@@](COC[C@H]2O[C@@H](O[C@H]3[C@H](O)[C@@H](O)[C@@H](O)O[C@@H]3CO)[C@H](O)[C@@H](O)[C@H]2O)(OC(C)=O)C[C@@H]1O. The summed E-state index contributed by atoms with van der Waals surface area (Å²) in [5, 5.41) is 114. The van der Waals surface area contributed by atoms with E-state index in [2.05, 4.69) is 5.32 Å². The van der Waals surface area contributed by atoms with E-state index in [0.717, 1.165) is 13.8 Å². The van der Waals surface area contributed by atoms with Crippen LogP contribution in [-0.2, 0) is 38.0 Å². The van der Waals surface area contributed by atoms with Gasteiger partial charge in [-0.25, -0.2) is 0 Å². The highest BCUT2D eigenvalue weighted by Gasteiger charge is 2.54. The Kier molecular flexibility index (Phi) is 13.4. The van der Waals surface area contributed by atoms with Crippen LogP contribution in [0.25, 0.3) is 0 Å². The molecule has 0 aromatic heterocycles. The number of carbonyl (C=O) groups is 2. The van der Waals surface area contributed by atoms with Gasteiger partial charge in [0.1, 0.15) is 73.8 Å². The standard InChI is InChI=1S/C25H43NO19/c1-8(29)26-14-10(31)3-25(44-9(2)30,45-22(14)15(33)11(32)4-27)7-40-6-13-16(34)17(35)20(38)24(42-13)43-21-12(5-28)41-23(39)19(37)18(21)36/h10-24,27-28,31-39H,3-7H2,1-2H3,(H,26,29)/t10-,11+,12+,13+,14+,15+,16-,17-,18+,19+,20+,21+,22+,23-,24-,25-/m0/s1. The summed E-state index contributed by atoms with van der Waals surface area (Å²) in [5.74, 6) is -3.73. The van der Waals surface area contributed by atoms with E-state index in [1.165, 1.54) is 0 Å². The summed E-state index contributed by atoms with van der Waals surface area (Å²) in [4.78, 5) is 23.8. The lowest BCUT2D eigenvalue weighted by Crippen LogP contribution is -2.67. The number of hydrogen-bond donors (Lipinski definition) is 12. The lowest BCUT2D eigenvalue weighted by atomic mass is 9.88. The molecule has 45 heavy (non-hydrogen) atoms. The molecule has 3 rings (SSSR count). The molecule has 3 aliphatic rings. The van der Waals surface area contributed by atoms with Gasteiger partial charge in [0.15, 0.2) is 12.6 Å². The van der Waals surface area contributed by atoms with Crippen molar-refractivity contribution in [2.75, 3.05) is 26.4 Å². The van der Waals surface area contributed by atoms with Crippen molar-refractivity contribution in [1.82, 2.24) is 5.32 Å². The number of amides is 1. The number of carbonyl (C=O) groups excluding carboxylic acids is 2. The molecule has 3 aliphatic heterocycles. The van der Waals surface area contributed by atoms with Gasteiger partial charge in [-0.1, -0.05) is 0 Å². The maximum Gasteiger partial charge on any atom is 0.305 e. The fraction of sp³-hybridized carbons (Fsp3) is 0.920. The Bertz CT molecular complexity index is 975. The first kappa shape index (κ1) is 37.8. The molecule has 0 spiro atoms. The van der Waals surface area contributed by atoms with Crippen LogP contribution >= 0.6 is 0 Å². The molecular weight excluding hydrogens is 618 g/mol. The van der Waals surface area contributed by atoms with Crippen LogP contribution in [-0.4, -0.2) is 192 Å². The number of nitrogens with one attached hydrogen (secondary N) is 1. The highest BCUT2D eigenvalue weighted by Crippen LogP contribution is 2.34. The number of aliphatic hydroxyl groups is 11. The van der Waals surface area contributed by atoms with Crippen LogP contribution < -0.4 is 5.32 Å². The van der Waals surface area contributed by atoms with E-state index >= 15 is 0 Å². The number of esters is 1. The largest absolute Gasteiger partial charge is 0.431 e. The van der Waals surface area contributed by atoms with Crippen molar-refractivity contribution in [1.29, 1.82) is 0 Å². The number of aliphatic hydroxyl groups excluding tert-OH is 11. The fourth-order valence-electron chi connectivity index (χ4n) is 5.39. The minimum atomic E-state index is -2.16. The van der Waals surface area contributed by atoms with Crippen LogP contribution in [0.2, 0.25) is 0 Å². The summed E-state index contributed by atoms with van der Waals surface area (Å²) in [7, 11) is 0. The van der Waals surface area contributed by atoms with E-state index in [1.54, 1.807) is 0 Å². The second-order valence-electron chi connectivity index (χ2n) is 11.2. The zero-order valence-corrected chi connectivity index (χ0v) is 24.4. The quantitative estimate of drug-likeness (QED) is 0.0864. The summed E-state index contributed by atoms with van der Waals surface area (Å²) >= 11 is 0. The van der Waals surface area contributed by atoms with Crippen LogP contribution in [0.5, 0.6) is 0 Å². The van der Waals surface area contributed by atoms with Crippen molar-refractivity contribution < 1.29 is 94.2 Å². The van der Waals surface area contributed by atoms with Crippen LogP contribution in [0.3, 0.4) is 0 Å². The summed E-state index contributed by atoms with van der Waals surface area (Å²) in [6.07, 6.45) is -25.0. The molecule has 0 aromatic rings. The van der Waals surface area contributed by atoms with Gasteiger partial charge >= 0.3 is 5.97 Å². The van der Waals surface area contributed by atoms with Gasteiger partial charge < -0.3 is 89.9 Å². The Hall–Kier alpha value is -1.70. The minimum absolute atomic E-state index is 0.534. The number of ether oxygens (including phenoxy) is 6. The van der Waals surface area contributed by atoms with Crippen molar-refractivity contribution in [3.8, 4) is 0 Å². The molecule has 1 amide bonds. The van der Waals surface area contributed by atoms with Crippen molar-refractivity contribution >= 4 is 11.9 Å². The zero-order chi connectivity index (χ0) is 33.8.